The smallest absolute Gasteiger partial charge is 0.256 e. The molecule has 0 bridgehead atoms. The molecule has 2 aliphatic heterocycles. The molecule has 9 heteroatoms. The SMILES string of the molecule is CCOc1c(Cl)cc([C@@H]2CN(C)[C@@]3(C(=O)Nc4ccccc43)[C@@H]2[N+](=O)[O-])cc1Cl. The summed E-state index contributed by atoms with van der Waals surface area (Å²) in [6, 6.07) is 9.17. The number of carbonyl (C=O) groups excluding carboxylic acids is 1. The number of carbonyl (C=O) groups is 1. The Labute approximate surface area is 177 Å². The monoisotopic (exact) mass is 435 g/mol. The predicted octanol–water partition coefficient (Wildman–Crippen LogP) is 3.91. The van der Waals surface area contributed by atoms with Crippen molar-refractivity contribution in [2.45, 2.75) is 24.4 Å². The number of rotatable bonds is 4. The van der Waals surface area contributed by atoms with Gasteiger partial charge >= 0.3 is 0 Å². The number of likely N-dealkylation sites (tertiary alicyclic amines) is 1. The van der Waals surface area contributed by atoms with Crippen LogP contribution in [0.2, 0.25) is 10.0 Å². The molecular weight excluding hydrogens is 417 g/mol. The van der Waals surface area contributed by atoms with Gasteiger partial charge in [-0.2, -0.15) is 0 Å². The highest BCUT2D eigenvalue weighted by Gasteiger charge is 2.68. The van der Waals surface area contributed by atoms with Crippen molar-refractivity contribution in [3.8, 4) is 5.75 Å². The molecule has 3 atom stereocenters. The normalized spacial score (nSPS) is 25.9. The van der Waals surface area contributed by atoms with Crippen LogP contribution in [-0.2, 0) is 10.3 Å². The third-order valence-electron chi connectivity index (χ3n) is 5.78. The Bertz CT molecular complexity index is 992. The summed E-state index contributed by atoms with van der Waals surface area (Å²) in [5.74, 6) is -0.631. The summed E-state index contributed by atoms with van der Waals surface area (Å²) in [5.41, 5.74) is 0.410. The highest BCUT2D eigenvalue weighted by molar-refractivity contribution is 6.37. The van der Waals surface area contributed by atoms with Gasteiger partial charge in [-0.15, -0.1) is 0 Å². The van der Waals surface area contributed by atoms with E-state index in [1.165, 1.54) is 0 Å². The standard InChI is InChI=1S/C20H19Cl2N3O4/c1-3-29-17-14(21)8-11(9-15(17)22)12-10-24(2)20(18(12)25(27)28)13-6-4-5-7-16(13)23-19(20)26/h4-9,12,18H,3,10H2,1-2H3,(H,23,26)/t12-,18+,20+/m0/s1. The first-order chi connectivity index (χ1) is 13.8. The van der Waals surface area contributed by atoms with E-state index in [4.69, 9.17) is 27.9 Å². The second-order valence-electron chi connectivity index (χ2n) is 7.23. The Kier molecular flexibility index (Phi) is 4.93. The van der Waals surface area contributed by atoms with Crippen molar-refractivity contribution in [2.24, 2.45) is 0 Å². The highest BCUT2D eigenvalue weighted by Crippen LogP contribution is 2.52. The molecule has 2 aromatic rings. The van der Waals surface area contributed by atoms with Crippen LogP contribution >= 0.6 is 23.2 Å². The summed E-state index contributed by atoms with van der Waals surface area (Å²) in [5, 5.41) is 15.7. The van der Waals surface area contributed by atoms with Crippen LogP contribution < -0.4 is 10.1 Å². The number of benzene rings is 2. The van der Waals surface area contributed by atoms with Crippen LogP contribution in [0.15, 0.2) is 36.4 Å². The first-order valence-corrected chi connectivity index (χ1v) is 9.95. The van der Waals surface area contributed by atoms with Crippen LogP contribution in [0.3, 0.4) is 0 Å². The number of anilines is 1. The van der Waals surface area contributed by atoms with Gasteiger partial charge in [0.2, 0.25) is 0 Å². The second-order valence-corrected chi connectivity index (χ2v) is 8.04. The van der Waals surface area contributed by atoms with Gasteiger partial charge in [0.15, 0.2) is 11.3 Å². The lowest BCUT2D eigenvalue weighted by atomic mass is 9.79. The van der Waals surface area contributed by atoms with Gasteiger partial charge in [-0.05, 0) is 37.7 Å². The lowest BCUT2D eigenvalue weighted by molar-refractivity contribution is -0.534. The average Bonchev–Trinajstić information content (AvgIpc) is 3.14. The first-order valence-electron chi connectivity index (χ1n) is 9.19. The minimum atomic E-state index is -1.40. The molecule has 2 heterocycles. The maximum absolute atomic E-state index is 13.1. The number of hydrogen-bond donors (Lipinski definition) is 1. The van der Waals surface area contributed by atoms with Crippen molar-refractivity contribution in [3.05, 3.63) is 67.7 Å². The molecule has 0 aromatic heterocycles. The van der Waals surface area contributed by atoms with E-state index in [9.17, 15) is 14.9 Å². The Morgan fingerprint density at radius 3 is 2.59 bits per heavy atom. The Morgan fingerprint density at radius 1 is 1.31 bits per heavy atom. The maximum Gasteiger partial charge on any atom is 0.256 e. The number of halogens is 2. The molecule has 1 amide bonds. The molecule has 1 spiro atoms. The summed E-state index contributed by atoms with van der Waals surface area (Å²) in [7, 11) is 1.73. The van der Waals surface area contributed by atoms with Crippen molar-refractivity contribution < 1.29 is 14.5 Å². The van der Waals surface area contributed by atoms with Crippen LogP contribution in [0, 0.1) is 10.1 Å². The number of amides is 1. The molecule has 1 fully saturated rings. The van der Waals surface area contributed by atoms with Crippen molar-refractivity contribution in [1.82, 2.24) is 4.90 Å². The van der Waals surface area contributed by atoms with Gasteiger partial charge in [-0.25, -0.2) is 0 Å². The zero-order valence-electron chi connectivity index (χ0n) is 15.8. The van der Waals surface area contributed by atoms with E-state index in [0.29, 0.717) is 35.7 Å². The number of likely N-dealkylation sites (N-methyl/N-ethyl adjacent to an activating group) is 1. The van der Waals surface area contributed by atoms with Crippen molar-refractivity contribution in [1.29, 1.82) is 0 Å². The van der Waals surface area contributed by atoms with E-state index in [1.54, 1.807) is 48.3 Å². The lowest BCUT2D eigenvalue weighted by Gasteiger charge is -2.30. The number of nitrogens with zero attached hydrogens (tertiary/aromatic N) is 2. The zero-order valence-corrected chi connectivity index (χ0v) is 17.3. The van der Waals surface area contributed by atoms with Crippen LogP contribution in [0.5, 0.6) is 5.75 Å². The molecule has 0 aliphatic carbocycles. The van der Waals surface area contributed by atoms with Crippen LogP contribution in [0.4, 0.5) is 5.69 Å². The topological polar surface area (TPSA) is 84.7 Å². The molecule has 29 heavy (non-hydrogen) atoms. The Hall–Kier alpha value is -2.35. The summed E-state index contributed by atoms with van der Waals surface area (Å²) in [6.45, 7) is 2.51. The quantitative estimate of drug-likeness (QED) is 0.580. The molecule has 152 valence electrons. The number of ether oxygens (including phenoxy) is 1. The van der Waals surface area contributed by atoms with Gasteiger partial charge in [0, 0.05) is 22.7 Å². The van der Waals surface area contributed by atoms with Gasteiger partial charge in [0.05, 0.1) is 22.6 Å². The van der Waals surface area contributed by atoms with Crippen molar-refractivity contribution in [3.63, 3.8) is 0 Å². The zero-order chi connectivity index (χ0) is 20.9. The molecule has 1 N–H and O–H groups in total. The molecule has 0 saturated carbocycles. The molecular formula is C20H19Cl2N3O4. The van der Waals surface area contributed by atoms with Gasteiger partial charge in [-0.3, -0.25) is 19.8 Å². The van der Waals surface area contributed by atoms with E-state index in [-0.39, 0.29) is 15.0 Å². The van der Waals surface area contributed by atoms with Crippen LogP contribution in [-0.4, -0.2) is 42.0 Å². The number of fused-ring (bicyclic) bond motifs is 2. The number of hydrogen-bond acceptors (Lipinski definition) is 5. The molecule has 2 aromatic carbocycles. The highest BCUT2D eigenvalue weighted by atomic mass is 35.5. The Balaban J connectivity index is 1.86. The van der Waals surface area contributed by atoms with E-state index in [2.05, 4.69) is 5.32 Å². The van der Waals surface area contributed by atoms with Gasteiger partial charge in [0.25, 0.3) is 11.9 Å². The maximum atomic E-state index is 13.1. The van der Waals surface area contributed by atoms with Gasteiger partial charge in [0.1, 0.15) is 0 Å². The third kappa shape index (κ3) is 2.79. The number of para-hydroxylation sites is 1. The summed E-state index contributed by atoms with van der Waals surface area (Å²) < 4.78 is 5.47. The van der Waals surface area contributed by atoms with E-state index in [0.717, 1.165) is 0 Å². The first kappa shape index (κ1) is 19.9. The lowest BCUT2D eigenvalue weighted by Crippen LogP contribution is -2.54. The molecule has 7 nitrogen and oxygen atoms in total. The predicted molar refractivity (Wildman–Crippen MR) is 111 cm³/mol. The van der Waals surface area contributed by atoms with Gasteiger partial charge in [-0.1, -0.05) is 41.4 Å². The molecule has 4 rings (SSSR count). The number of nitrogens with one attached hydrogen (secondary N) is 1. The molecule has 1 saturated heterocycles. The molecule has 2 aliphatic rings. The van der Waals surface area contributed by atoms with Gasteiger partial charge < -0.3 is 10.1 Å². The fourth-order valence-electron chi connectivity index (χ4n) is 4.66. The summed E-state index contributed by atoms with van der Waals surface area (Å²) >= 11 is 12.7. The molecule has 0 unspecified atom stereocenters. The summed E-state index contributed by atoms with van der Waals surface area (Å²) in [4.78, 5) is 26.8. The second kappa shape index (κ2) is 7.16. The van der Waals surface area contributed by atoms with Crippen LogP contribution in [0.25, 0.3) is 0 Å². The van der Waals surface area contributed by atoms with Crippen molar-refractivity contribution in [2.75, 3.05) is 25.5 Å². The van der Waals surface area contributed by atoms with Crippen LogP contribution in [0.1, 0.15) is 24.0 Å². The van der Waals surface area contributed by atoms with E-state index < -0.39 is 23.4 Å². The van der Waals surface area contributed by atoms with E-state index in [1.807, 2.05) is 6.92 Å². The fraction of sp³-hybridized carbons (Fsp3) is 0.350. The largest absolute Gasteiger partial charge is 0.491 e. The van der Waals surface area contributed by atoms with Crippen molar-refractivity contribution >= 4 is 34.8 Å². The fourth-order valence-corrected chi connectivity index (χ4v) is 5.27. The average molecular weight is 436 g/mol. The minimum absolute atomic E-state index is 0.288. The van der Waals surface area contributed by atoms with E-state index >= 15 is 0 Å². The minimum Gasteiger partial charge on any atom is -0.491 e. The molecule has 0 radical (unpaired) electrons. The number of nitro groups is 1. The Morgan fingerprint density at radius 2 is 1.97 bits per heavy atom. The summed E-state index contributed by atoms with van der Waals surface area (Å²) in [6.07, 6.45) is 0. The third-order valence-corrected chi connectivity index (χ3v) is 6.34.